The van der Waals surface area contributed by atoms with Crippen LogP contribution in [0.5, 0.6) is 0 Å². The standard InChI is InChI=1S/C12H17N3S/c1-3-11-8-14-12(16-11)13-7-10-6-4-5-9(2)15-10/h4-6,11H,3,7-8H2,1-2H3,(H,13,14). The summed E-state index contributed by atoms with van der Waals surface area (Å²) in [6, 6.07) is 6.09. The molecule has 1 aliphatic rings. The summed E-state index contributed by atoms with van der Waals surface area (Å²) in [6.45, 7) is 5.94. The minimum Gasteiger partial charge on any atom is -0.359 e. The van der Waals surface area contributed by atoms with Gasteiger partial charge in [0.1, 0.15) is 0 Å². The second-order valence-corrected chi connectivity index (χ2v) is 5.21. The van der Waals surface area contributed by atoms with E-state index in [1.807, 2.05) is 36.9 Å². The van der Waals surface area contributed by atoms with Gasteiger partial charge in [0.05, 0.1) is 18.8 Å². The van der Waals surface area contributed by atoms with Crippen molar-refractivity contribution in [1.82, 2.24) is 10.3 Å². The first-order valence-corrected chi connectivity index (χ1v) is 6.53. The van der Waals surface area contributed by atoms with E-state index >= 15 is 0 Å². The molecule has 0 radical (unpaired) electrons. The third-order valence-electron chi connectivity index (χ3n) is 2.54. The van der Waals surface area contributed by atoms with Crippen LogP contribution in [-0.4, -0.2) is 21.9 Å². The Balaban J connectivity index is 1.84. The van der Waals surface area contributed by atoms with Gasteiger partial charge in [0.25, 0.3) is 0 Å². The largest absolute Gasteiger partial charge is 0.359 e. The van der Waals surface area contributed by atoms with Gasteiger partial charge < -0.3 is 5.32 Å². The summed E-state index contributed by atoms with van der Waals surface area (Å²) in [7, 11) is 0. The molecule has 1 unspecified atom stereocenters. The van der Waals surface area contributed by atoms with Gasteiger partial charge in [-0.15, -0.1) is 0 Å². The topological polar surface area (TPSA) is 37.3 Å². The molecule has 0 spiro atoms. The first-order valence-electron chi connectivity index (χ1n) is 5.65. The van der Waals surface area contributed by atoms with E-state index in [-0.39, 0.29) is 0 Å². The molecule has 2 rings (SSSR count). The van der Waals surface area contributed by atoms with Crippen molar-refractivity contribution in [3.05, 3.63) is 29.6 Å². The van der Waals surface area contributed by atoms with E-state index in [9.17, 15) is 0 Å². The fraction of sp³-hybridized carbons (Fsp3) is 0.500. The summed E-state index contributed by atoms with van der Waals surface area (Å²) < 4.78 is 0. The van der Waals surface area contributed by atoms with Crippen molar-refractivity contribution < 1.29 is 0 Å². The molecule has 4 heteroatoms. The molecular formula is C12H17N3S. The highest BCUT2D eigenvalue weighted by molar-refractivity contribution is 8.14. The van der Waals surface area contributed by atoms with Gasteiger partial charge in [0, 0.05) is 10.9 Å². The van der Waals surface area contributed by atoms with E-state index in [1.165, 1.54) is 6.42 Å². The first-order chi connectivity index (χ1) is 7.78. The molecule has 1 aliphatic heterocycles. The molecule has 0 saturated carbocycles. The monoisotopic (exact) mass is 235 g/mol. The number of pyridine rings is 1. The number of rotatable bonds is 3. The molecule has 86 valence electrons. The predicted molar refractivity (Wildman–Crippen MR) is 69.8 cm³/mol. The van der Waals surface area contributed by atoms with Crippen molar-refractivity contribution >= 4 is 16.9 Å². The summed E-state index contributed by atoms with van der Waals surface area (Å²) in [5, 5.41) is 5.06. The number of amidine groups is 1. The third kappa shape index (κ3) is 2.98. The lowest BCUT2D eigenvalue weighted by Crippen LogP contribution is -2.19. The zero-order chi connectivity index (χ0) is 11.4. The second kappa shape index (κ2) is 5.34. The Kier molecular flexibility index (Phi) is 3.83. The zero-order valence-corrected chi connectivity index (χ0v) is 10.5. The molecule has 1 atom stereocenters. The zero-order valence-electron chi connectivity index (χ0n) is 9.73. The number of aryl methyl sites for hydroxylation is 1. The highest BCUT2D eigenvalue weighted by Gasteiger charge is 2.17. The van der Waals surface area contributed by atoms with Gasteiger partial charge in [0.2, 0.25) is 0 Å². The molecule has 1 N–H and O–H groups in total. The van der Waals surface area contributed by atoms with Crippen molar-refractivity contribution in [2.75, 3.05) is 6.54 Å². The van der Waals surface area contributed by atoms with Crippen LogP contribution in [0.2, 0.25) is 0 Å². The van der Waals surface area contributed by atoms with Gasteiger partial charge in [-0.1, -0.05) is 24.8 Å². The van der Waals surface area contributed by atoms with Crippen LogP contribution < -0.4 is 5.32 Å². The first kappa shape index (κ1) is 11.5. The minimum atomic E-state index is 0.660. The summed E-state index contributed by atoms with van der Waals surface area (Å²) >= 11 is 1.85. The predicted octanol–water partition coefficient (Wildman–Crippen LogP) is 2.36. The molecule has 0 aromatic carbocycles. The van der Waals surface area contributed by atoms with Crippen molar-refractivity contribution in [1.29, 1.82) is 0 Å². The average Bonchev–Trinajstić information content (AvgIpc) is 2.74. The molecule has 0 amide bonds. The summed E-state index contributed by atoms with van der Waals surface area (Å²) in [5.74, 6) is 0. The van der Waals surface area contributed by atoms with Crippen LogP contribution in [0, 0.1) is 6.92 Å². The number of nitrogens with zero attached hydrogens (tertiary/aromatic N) is 2. The van der Waals surface area contributed by atoms with Crippen LogP contribution in [0.25, 0.3) is 0 Å². The number of nitrogens with one attached hydrogen (secondary N) is 1. The molecule has 16 heavy (non-hydrogen) atoms. The number of thioether (sulfide) groups is 1. The van der Waals surface area contributed by atoms with Gasteiger partial charge in [-0.2, -0.15) is 0 Å². The SMILES string of the molecule is CCC1CN=C(NCc2cccc(C)n2)S1. The lowest BCUT2D eigenvalue weighted by Gasteiger charge is -2.06. The van der Waals surface area contributed by atoms with E-state index in [0.29, 0.717) is 5.25 Å². The maximum Gasteiger partial charge on any atom is 0.157 e. The lowest BCUT2D eigenvalue weighted by molar-refractivity contribution is 0.835. The number of aliphatic imine (C=N–C) groups is 1. The highest BCUT2D eigenvalue weighted by Crippen LogP contribution is 2.22. The molecule has 2 heterocycles. The number of aromatic nitrogens is 1. The van der Waals surface area contributed by atoms with Crippen LogP contribution in [0.3, 0.4) is 0 Å². The Morgan fingerprint density at radius 3 is 3.06 bits per heavy atom. The van der Waals surface area contributed by atoms with Crippen molar-refractivity contribution in [3.8, 4) is 0 Å². The van der Waals surface area contributed by atoms with E-state index in [2.05, 4.69) is 22.2 Å². The van der Waals surface area contributed by atoms with Gasteiger partial charge in [-0.3, -0.25) is 9.98 Å². The number of hydrogen-bond acceptors (Lipinski definition) is 4. The van der Waals surface area contributed by atoms with Crippen LogP contribution in [0.15, 0.2) is 23.2 Å². The van der Waals surface area contributed by atoms with Gasteiger partial charge in [0.15, 0.2) is 5.17 Å². The summed E-state index contributed by atoms with van der Waals surface area (Å²) in [5.41, 5.74) is 2.13. The van der Waals surface area contributed by atoms with Gasteiger partial charge in [-0.25, -0.2) is 0 Å². The van der Waals surface area contributed by atoms with Crippen molar-refractivity contribution in [3.63, 3.8) is 0 Å². The molecular weight excluding hydrogens is 218 g/mol. The van der Waals surface area contributed by atoms with Gasteiger partial charge >= 0.3 is 0 Å². The maximum atomic E-state index is 4.47. The van der Waals surface area contributed by atoms with E-state index in [1.54, 1.807) is 0 Å². The van der Waals surface area contributed by atoms with Crippen LogP contribution >= 0.6 is 11.8 Å². The smallest absolute Gasteiger partial charge is 0.157 e. The number of hydrogen-bond donors (Lipinski definition) is 1. The molecule has 0 aliphatic carbocycles. The maximum absolute atomic E-state index is 4.47. The Labute approximate surface area is 101 Å². The normalized spacial score (nSPS) is 19.6. The minimum absolute atomic E-state index is 0.660. The van der Waals surface area contributed by atoms with Crippen LogP contribution in [-0.2, 0) is 6.54 Å². The molecule has 3 nitrogen and oxygen atoms in total. The lowest BCUT2D eigenvalue weighted by atomic mass is 10.3. The summed E-state index contributed by atoms with van der Waals surface area (Å²) in [6.07, 6.45) is 1.18. The quantitative estimate of drug-likeness (QED) is 0.874. The van der Waals surface area contributed by atoms with Gasteiger partial charge in [-0.05, 0) is 25.5 Å². The third-order valence-corrected chi connectivity index (χ3v) is 3.85. The molecule has 0 saturated heterocycles. The Bertz CT molecular complexity index is 390. The molecule has 0 bridgehead atoms. The van der Waals surface area contributed by atoms with E-state index in [0.717, 1.165) is 29.6 Å². The van der Waals surface area contributed by atoms with Crippen molar-refractivity contribution in [2.45, 2.75) is 32.1 Å². The Morgan fingerprint density at radius 2 is 2.38 bits per heavy atom. The summed E-state index contributed by atoms with van der Waals surface area (Å²) in [4.78, 5) is 8.91. The average molecular weight is 235 g/mol. The Hall–Kier alpha value is -1.03. The molecule has 1 aromatic heterocycles. The Morgan fingerprint density at radius 1 is 1.50 bits per heavy atom. The fourth-order valence-corrected chi connectivity index (χ4v) is 2.53. The second-order valence-electron chi connectivity index (χ2n) is 3.92. The van der Waals surface area contributed by atoms with Crippen molar-refractivity contribution in [2.24, 2.45) is 4.99 Å². The highest BCUT2D eigenvalue weighted by atomic mass is 32.2. The fourth-order valence-electron chi connectivity index (χ4n) is 1.59. The van der Waals surface area contributed by atoms with Crippen LogP contribution in [0.1, 0.15) is 24.7 Å². The van der Waals surface area contributed by atoms with E-state index < -0.39 is 0 Å². The molecule has 1 aromatic rings. The van der Waals surface area contributed by atoms with Crippen LogP contribution in [0.4, 0.5) is 0 Å². The molecule has 0 fully saturated rings. The van der Waals surface area contributed by atoms with E-state index in [4.69, 9.17) is 0 Å².